The highest BCUT2D eigenvalue weighted by molar-refractivity contribution is 5.29. The van der Waals surface area contributed by atoms with E-state index in [1.165, 1.54) is 20.0 Å². The summed E-state index contributed by atoms with van der Waals surface area (Å²) < 4.78 is 18.4. The van der Waals surface area contributed by atoms with Gasteiger partial charge in [-0.1, -0.05) is 26.3 Å². The molecule has 0 aromatic heterocycles. The third-order valence-corrected chi connectivity index (χ3v) is 3.09. The van der Waals surface area contributed by atoms with Gasteiger partial charge >= 0.3 is 0 Å². The molecule has 0 heterocycles. The molecule has 0 aliphatic heterocycles. The predicted molar refractivity (Wildman–Crippen MR) is 78.2 cm³/mol. The molecule has 1 aromatic rings. The molecule has 1 rings (SSSR count). The van der Waals surface area contributed by atoms with Crippen molar-refractivity contribution in [1.29, 1.82) is 0 Å². The van der Waals surface area contributed by atoms with Gasteiger partial charge in [-0.05, 0) is 56.0 Å². The van der Waals surface area contributed by atoms with Crippen molar-refractivity contribution in [2.24, 2.45) is 5.92 Å². The number of unbranched alkanes of at least 4 members (excludes halogenated alkanes) is 2. The average molecular weight is 267 g/mol. The van der Waals surface area contributed by atoms with Crippen molar-refractivity contribution in [1.82, 2.24) is 5.32 Å². The third kappa shape index (κ3) is 6.58. The number of halogens is 1. The number of nitrogens with one attached hydrogen (secondary N) is 1. The number of rotatable bonds is 9. The van der Waals surface area contributed by atoms with Crippen molar-refractivity contribution in [3.8, 4) is 5.75 Å². The van der Waals surface area contributed by atoms with Gasteiger partial charge in [-0.2, -0.15) is 0 Å². The summed E-state index contributed by atoms with van der Waals surface area (Å²) in [5.41, 5.74) is 1.05. The molecule has 0 spiro atoms. The summed E-state index contributed by atoms with van der Waals surface area (Å²) in [5, 5.41) is 3.43. The SMILES string of the molecule is COc1ccc(CCCCCNCC(C)C)cc1F. The van der Waals surface area contributed by atoms with Crippen molar-refractivity contribution in [3.63, 3.8) is 0 Å². The zero-order valence-electron chi connectivity index (χ0n) is 12.3. The summed E-state index contributed by atoms with van der Waals surface area (Å²) in [5.74, 6) is 0.766. The Morgan fingerprint density at radius 3 is 2.63 bits per heavy atom. The van der Waals surface area contributed by atoms with Crippen LogP contribution in [-0.2, 0) is 6.42 Å². The first-order valence-corrected chi connectivity index (χ1v) is 7.16. The zero-order chi connectivity index (χ0) is 14.1. The predicted octanol–water partition coefficient (Wildman–Crippen LogP) is 3.79. The Morgan fingerprint density at radius 1 is 1.21 bits per heavy atom. The first kappa shape index (κ1) is 16.0. The topological polar surface area (TPSA) is 21.3 Å². The summed E-state index contributed by atoms with van der Waals surface area (Å²) in [7, 11) is 1.49. The smallest absolute Gasteiger partial charge is 0.165 e. The summed E-state index contributed by atoms with van der Waals surface area (Å²) >= 11 is 0. The Balaban J connectivity index is 2.14. The van der Waals surface area contributed by atoms with Crippen molar-refractivity contribution in [2.45, 2.75) is 39.5 Å². The number of hydrogen-bond acceptors (Lipinski definition) is 2. The molecule has 0 unspecified atom stereocenters. The molecule has 0 amide bonds. The minimum absolute atomic E-state index is 0.265. The molecule has 2 nitrogen and oxygen atoms in total. The first-order chi connectivity index (χ1) is 9.13. The second-order valence-electron chi connectivity index (χ2n) is 5.38. The summed E-state index contributed by atoms with van der Waals surface area (Å²) in [4.78, 5) is 0. The highest BCUT2D eigenvalue weighted by Crippen LogP contribution is 2.18. The van der Waals surface area contributed by atoms with E-state index in [0.29, 0.717) is 11.7 Å². The Bertz CT molecular complexity index is 366. The first-order valence-electron chi connectivity index (χ1n) is 7.16. The number of hydrogen-bond donors (Lipinski definition) is 1. The number of ether oxygens (including phenoxy) is 1. The molecule has 0 saturated heterocycles. The lowest BCUT2D eigenvalue weighted by Gasteiger charge is -2.07. The second kappa shape index (κ2) is 8.92. The Morgan fingerprint density at radius 2 is 2.00 bits per heavy atom. The van der Waals surface area contributed by atoms with Crippen LogP contribution < -0.4 is 10.1 Å². The van der Waals surface area contributed by atoms with Crippen molar-refractivity contribution in [3.05, 3.63) is 29.6 Å². The molecule has 0 fully saturated rings. The molecular formula is C16H26FNO. The van der Waals surface area contributed by atoms with Crippen LogP contribution in [0.1, 0.15) is 38.7 Å². The summed E-state index contributed by atoms with van der Waals surface area (Å²) in [6, 6.07) is 5.23. The second-order valence-corrected chi connectivity index (χ2v) is 5.38. The lowest BCUT2D eigenvalue weighted by Crippen LogP contribution is -2.20. The molecule has 0 radical (unpaired) electrons. The molecule has 1 N–H and O–H groups in total. The van der Waals surface area contributed by atoms with Gasteiger partial charge < -0.3 is 10.1 Å². The average Bonchev–Trinajstić information content (AvgIpc) is 2.37. The van der Waals surface area contributed by atoms with Gasteiger partial charge in [-0.3, -0.25) is 0 Å². The van der Waals surface area contributed by atoms with E-state index in [9.17, 15) is 4.39 Å². The van der Waals surface area contributed by atoms with Crippen LogP contribution in [0.15, 0.2) is 18.2 Å². The molecule has 1 aromatic carbocycles. The van der Waals surface area contributed by atoms with Gasteiger partial charge in [0.05, 0.1) is 7.11 Å². The fourth-order valence-electron chi connectivity index (χ4n) is 2.01. The minimum atomic E-state index is -0.265. The molecule has 0 bridgehead atoms. The maximum atomic E-state index is 13.5. The van der Waals surface area contributed by atoms with E-state index >= 15 is 0 Å². The van der Waals surface area contributed by atoms with E-state index in [2.05, 4.69) is 19.2 Å². The lowest BCUT2D eigenvalue weighted by atomic mass is 10.1. The van der Waals surface area contributed by atoms with E-state index in [1.54, 1.807) is 12.1 Å². The molecule has 108 valence electrons. The Labute approximate surface area is 116 Å². The summed E-state index contributed by atoms with van der Waals surface area (Å²) in [6.45, 7) is 6.59. The highest BCUT2D eigenvalue weighted by atomic mass is 19.1. The fourth-order valence-corrected chi connectivity index (χ4v) is 2.01. The largest absolute Gasteiger partial charge is 0.494 e. The van der Waals surface area contributed by atoms with E-state index in [4.69, 9.17) is 4.74 Å². The maximum absolute atomic E-state index is 13.5. The third-order valence-electron chi connectivity index (χ3n) is 3.09. The van der Waals surface area contributed by atoms with Gasteiger partial charge in [0.25, 0.3) is 0 Å². The van der Waals surface area contributed by atoms with E-state index in [0.717, 1.165) is 31.5 Å². The van der Waals surface area contributed by atoms with Gasteiger partial charge in [0.15, 0.2) is 11.6 Å². The zero-order valence-corrected chi connectivity index (χ0v) is 12.3. The normalized spacial score (nSPS) is 11.0. The Kier molecular flexibility index (Phi) is 7.49. The quantitative estimate of drug-likeness (QED) is 0.687. The lowest BCUT2D eigenvalue weighted by molar-refractivity contribution is 0.386. The standard InChI is InChI=1S/C16H26FNO/c1-13(2)12-18-10-6-4-5-7-14-8-9-16(19-3)15(17)11-14/h8-9,11,13,18H,4-7,10,12H2,1-3H3. The van der Waals surface area contributed by atoms with Crippen LogP contribution in [0.25, 0.3) is 0 Å². The number of benzene rings is 1. The van der Waals surface area contributed by atoms with E-state index in [1.807, 2.05) is 6.07 Å². The van der Waals surface area contributed by atoms with Crippen molar-refractivity contribution < 1.29 is 9.13 Å². The van der Waals surface area contributed by atoms with Gasteiger partial charge in [0.2, 0.25) is 0 Å². The Hall–Kier alpha value is -1.09. The molecule has 0 atom stereocenters. The van der Waals surface area contributed by atoms with Crippen LogP contribution in [-0.4, -0.2) is 20.2 Å². The monoisotopic (exact) mass is 267 g/mol. The minimum Gasteiger partial charge on any atom is -0.494 e. The highest BCUT2D eigenvalue weighted by Gasteiger charge is 2.03. The fraction of sp³-hybridized carbons (Fsp3) is 0.625. The van der Waals surface area contributed by atoms with Crippen LogP contribution in [0.5, 0.6) is 5.75 Å². The van der Waals surface area contributed by atoms with Gasteiger partial charge in [0, 0.05) is 0 Å². The van der Waals surface area contributed by atoms with Crippen LogP contribution in [0.3, 0.4) is 0 Å². The van der Waals surface area contributed by atoms with Gasteiger partial charge in [-0.15, -0.1) is 0 Å². The van der Waals surface area contributed by atoms with Crippen molar-refractivity contribution in [2.75, 3.05) is 20.2 Å². The van der Waals surface area contributed by atoms with E-state index < -0.39 is 0 Å². The van der Waals surface area contributed by atoms with E-state index in [-0.39, 0.29) is 5.82 Å². The maximum Gasteiger partial charge on any atom is 0.165 e. The van der Waals surface area contributed by atoms with Gasteiger partial charge in [0.1, 0.15) is 0 Å². The molecule has 19 heavy (non-hydrogen) atoms. The molecular weight excluding hydrogens is 241 g/mol. The molecule has 0 saturated carbocycles. The molecule has 3 heteroatoms. The summed E-state index contributed by atoms with van der Waals surface area (Å²) in [6.07, 6.45) is 4.41. The van der Waals surface area contributed by atoms with Crippen molar-refractivity contribution >= 4 is 0 Å². The van der Waals surface area contributed by atoms with Crippen LogP contribution in [0, 0.1) is 11.7 Å². The molecule has 0 aliphatic rings. The van der Waals surface area contributed by atoms with Gasteiger partial charge in [-0.25, -0.2) is 4.39 Å². The molecule has 0 aliphatic carbocycles. The van der Waals surface area contributed by atoms with Crippen LogP contribution in [0.2, 0.25) is 0 Å². The van der Waals surface area contributed by atoms with Crippen LogP contribution in [0.4, 0.5) is 4.39 Å². The number of aryl methyl sites for hydroxylation is 1. The number of methoxy groups -OCH3 is 1. The van der Waals surface area contributed by atoms with Crippen LogP contribution >= 0.6 is 0 Å².